The van der Waals surface area contributed by atoms with E-state index in [0.29, 0.717) is 15.3 Å². The van der Waals surface area contributed by atoms with Gasteiger partial charge in [-0.25, -0.2) is 0 Å². The van der Waals surface area contributed by atoms with Crippen LogP contribution in [0, 0.1) is 0 Å². The van der Waals surface area contributed by atoms with Gasteiger partial charge in [0.1, 0.15) is 5.75 Å². The highest BCUT2D eigenvalue weighted by Gasteiger charge is 2.18. The normalized spacial score (nSPS) is 12.4. The van der Waals surface area contributed by atoms with Crippen molar-refractivity contribution in [3.63, 3.8) is 0 Å². The highest BCUT2D eigenvalue weighted by atomic mass is 35.5. The topological polar surface area (TPSA) is 34.1 Å². The van der Waals surface area contributed by atoms with Crippen LogP contribution in [0.2, 0.25) is 8.67 Å². The van der Waals surface area contributed by atoms with Crippen LogP contribution in [-0.4, -0.2) is 18.6 Å². The Labute approximate surface area is 126 Å². The highest BCUT2D eigenvalue weighted by molar-refractivity contribution is 7.20. The number of ether oxygens (including phenoxy) is 1. The quantitative estimate of drug-likeness (QED) is 0.899. The van der Waals surface area contributed by atoms with Crippen molar-refractivity contribution in [1.29, 1.82) is 0 Å². The fourth-order valence-corrected chi connectivity index (χ4v) is 3.42. The molecule has 0 bridgehead atoms. The molecule has 0 saturated heterocycles. The summed E-state index contributed by atoms with van der Waals surface area (Å²) in [7, 11) is 1.87. The first-order valence-corrected chi connectivity index (χ1v) is 7.42. The molecule has 3 nitrogen and oxygen atoms in total. The zero-order valence-corrected chi connectivity index (χ0v) is 12.9. The summed E-state index contributed by atoms with van der Waals surface area (Å²) in [5.41, 5.74) is 1.94. The predicted octanol–water partition coefficient (Wildman–Crippen LogP) is 4.16. The molecule has 1 atom stereocenters. The molecule has 0 spiro atoms. The number of hydrogen-bond donors (Lipinski definition) is 1. The fourth-order valence-electron chi connectivity index (χ4n) is 1.89. The molecule has 2 rings (SSSR count). The molecule has 2 aromatic heterocycles. The average molecular weight is 317 g/mol. The van der Waals surface area contributed by atoms with Crippen molar-refractivity contribution in [2.45, 2.75) is 13.0 Å². The van der Waals surface area contributed by atoms with Crippen LogP contribution in [0.5, 0.6) is 5.75 Å². The van der Waals surface area contributed by atoms with Crippen LogP contribution in [0.15, 0.2) is 24.5 Å². The van der Waals surface area contributed by atoms with Crippen molar-refractivity contribution in [2.24, 2.45) is 0 Å². The van der Waals surface area contributed by atoms with Gasteiger partial charge < -0.3 is 10.1 Å². The van der Waals surface area contributed by atoms with E-state index in [2.05, 4.69) is 10.3 Å². The minimum atomic E-state index is -0.0517. The van der Waals surface area contributed by atoms with E-state index < -0.39 is 0 Å². The first kappa shape index (κ1) is 14.6. The Bertz CT molecular complexity index is 559. The number of nitrogens with one attached hydrogen (secondary N) is 1. The third-order valence-corrected chi connectivity index (χ3v) is 4.18. The molecule has 6 heteroatoms. The second-order valence-electron chi connectivity index (χ2n) is 3.89. The number of thiophene rings is 1. The second kappa shape index (κ2) is 6.57. The van der Waals surface area contributed by atoms with Gasteiger partial charge in [-0.1, -0.05) is 23.2 Å². The van der Waals surface area contributed by atoms with Gasteiger partial charge in [-0.15, -0.1) is 11.3 Å². The Kier molecular flexibility index (Phi) is 5.05. The number of pyridine rings is 1. The third-order valence-electron chi connectivity index (χ3n) is 2.66. The van der Waals surface area contributed by atoms with E-state index in [1.54, 1.807) is 12.4 Å². The van der Waals surface area contributed by atoms with Crippen molar-refractivity contribution >= 4 is 34.5 Å². The van der Waals surface area contributed by atoms with E-state index in [0.717, 1.165) is 16.9 Å². The first-order valence-electron chi connectivity index (χ1n) is 5.85. The monoisotopic (exact) mass is 316 g/mol. The third kappa shape index (κ3) is 3.39. The van der Waals surface area contributed by atoms with Gasteiger partial charge in [0.05, 0.1) is 27.5 Å². The summed E-state index contributed by atoms with van der Waals surface area (Å²) in [5, 5.41) is 3.23. The Morgan fingerprint density at radius 1 is 1.37 bits per heavy atom. The summed E-state index contributed by atoms with van der Waals surface area (Å²) in [6, 6.07) is 3.78. The van der Waals surface area contributed by atoms with Gasteiger partial charge in [0.2, 0.25) is 0 Å². The summed E-state index contributed by atoms with van der Waals surface area (Å²) in [4.78, 5) is 4.20. The molecule has 102 valence electrons. The summed E-state index contributed by atoms with van der Waals surface area (Å²) in [5.74, 6) is 0.748. The van der Waals surface area contributed by atoms with E-state index in [9.17, 15) is 0 Å². The van der Waals surface area contributed by atoms with Gasteiger partial charge in [0.15, 0.2) is 0 Å². The predicted molar refractivity (Wildman–Crippen MR) is 80.6 cm³/mol. The molecule has 0 radical (unpaired) electrons. The second-order valence-corrected chi connectivity index (χ2v) is 6.17. The molecule has 19 heavy (non-hydrogen) atoms. The molecule has 2 aromatic rings. The maximum Gasteiger partial charge on any atom is 0.137 e. The molecule has 0 saturated carbocycles. The van der Waals surface area contributed by atoms with E-state index in [4.69, 9.17) is 27.9 Å². The minimum Gasteiger partial charge on any atom is -0.492 e. The number of hydrogen-bond acceptors (Lipinski definition) is 4. The highest BCUT2D eigenvalue weighted by Crippen LogP contribution is 2.37. The van der Waals surface area contributed by atoms with E-state index >= 15 is 0 Å². The molecule has 1 unspecified atom stereocenters. The minimum absolute atomic E-state index is 0.0517. The number of halogens is 2. The zero-order chi connectivity index (χ0) is 13.8. The molecule has 0 aliphatic rings. The molecule has 0 fully saturated rings. The van der Waals surface area contributed by atoms with Crippen molar-refractivity contribution in [2.75, 3.05) is 13.7 Å². The molecule has 1 N–H and O–H groups in total. The Balaban J connectivity index is 2.36. The number of rotatable bonds is 5. The standard InChI is InChI=1S/C13H14Cl2N2OS/c1-3-18-9-4-8(6-17-7-9)12(16-2)10-5-11(14)19-13(10)15/h4-7,12,16H,3H2,1-2H3. The van der Waals surface area contributed by atoms with E-state index in [1.807, 2.05) is 26.1 Å². The summed E-state index contributed by atoms with van der Waals surface area (Å²) in [6.07, 6.45) is 3.49. The lowest BCUT2D eigenvalue weighted by atomic mass is 10.0. The Morgan fingerprint density at radius 2 is 2.16 bits per heavy atom. The lowest BCUT2D eigenvalue weighted by Crippen LogP contribution is -2.17. The molecule has 0 aromatic carbocycles. The molecule has 0 aliphatic heterocycles. The van der Waals surface area contributed by atoms with Gasteiger partial charge in [0, 0.05) is 11.8 Å². The van der Waals surface area contributed by atoms with Crippen LogP contribution in [0.25, 0.3) is 0 Å². The van der Waals surface area contributed by atoms with Crippen molar-refractivity contribution < 1.29 is 4.74 Å². The number of aromatic nitrogens is 1. The molecule has 0 amide bonds. The largest absolute Gasteiger partial charge is 0.492 e. The maximum atomic E-state index is 6.21. The summed E-state index contributed by atoms with van der Waals surface area (Å²) < 4.78 is 6.83. The van der Waals surface area contributed by atoms with Crippen LogP contribution < -0.4 is 10.1 Å². The van der Waals surface area contributed by atoms with Crippen molar-refractivity contribution in [3.05, 3.63) is 44.3 Å². The van der Waals surface area contributed by atoms with Gasteiger partial charge in [-0.2, -0.15) is 0 Å². The smallest absolute Gasteiger partial charge is 0.137 e. The summed E-state index contributed by atoms with van der Waals surface area (Å²) >= 11 is 13.6. The van der Waals surface area contributed by atoms with Crippen LogP contribution in [0.3, 0.4) is 0 Å². The fraction of sp³-hybridized carbons (Fsp3) is 0.308. The van der Waals surface area contributed by atoms with E-state index in [-0.39, 0.29) is 6.04 Å². The van der Waals surface area contributed by atoms with Crippen molar-refractivity contribution in [3.8, 4) is 5.75 Å². The van der Waals surface area contributed by atoms with Crippen molar-refractivity contribution in [1.82, 2.24) is 10.3 Å². The SMILES string of the molecule is CCOc1cncc(C(NC)c2cc(Cl)sc2Cl)c1. The van der Waals surface area contributed by atoms with E-state index in [1.165, 1.54) is 11.3 Å². The van der Waals surface area contributed by atoms with Crippen LogP contribution in [0.4, 0.5) is 0 Å². The Hall–Kier alpha value is -0.810. The average Bonchev–Trinajstić information content (AvgIpc) is 2.71. The zero-order valence-electron chi connectivity index (χ0n) is 10.6. The Morgan fingerprint density at radius 3 is 2.74 bits per heavy atom. The van der Waals surface area contributed by atoms with Gasteiger partial charge >= 0.3 is 0 Å². The van der Waals surface area contributed by atoms with Crippen LogP contribution in [0.1, 0.15) is 24.1 Å². The molecular weight excluding hydrogens is 303 g/mol. The summed E-state index contributed by atoms with van der Waals surface area (Å²) in [6.45, 7) is 2.55. The van der Waals surface area contributed by atoms with Crippen LogP contribution >= 0.6 is 34.5 Å². The van der Waals surface area contributed by atoms with Gasteiger partial charge in [-0.3, -0.25) is 4.98 Å². The molecular formula is C13H14Cl2N2OS. The maximum absolute atomic E-state index is 6.21. The first-order chi connectivity index (χ1) is 9.15. The lowest BCUT2D eigenvalue weighted by molar-refractivity contribution is 0.338. The number of nitrogens with zero attached hydrogens (tertiary/aromatic N) is 1. The lowest BCUT2D eigenvalue weighted by Gasteiger charge is -2.16. The van der Waals surface area contributed by atoms with Crippen LogP contribution in [-0.2, 0) is 0 Å². The van der Waals surface area contributed by atoms with Gasteiger partial charge in [-0.05, 0) is 31.7 Å². The molecule has 0 aliphatic carbocycles. The molecule has 2 heterocycles. The van der Waals surface area contributed by atoms with Gasteiger partial charge in [0.25, 0.3) is 0 Å².